The minimum absolute atomic E-state index is 0.131. The Labute approximate surface area is 112 Å². The van der Waals surface area contributed by atoms with Gasteiger partial charge in [0.2, 0.25) is 0 Å². The lowest BCUT2D eigenvalue weighted by Crippen LogP contribution is -2.21. The molecular formula is C16H16O3. The quantitative estimate of drug-likeness (QED) is 0.774. The summed E-state index contributed by atoms with van der Waals surface area (Å²) in [5, 5.41) is 2.41. The molecule has 3 nitrogen and oxygen atoms in total. The highest BCUT2D eigenvalue weighted by atomic mass is 16.5. The Bertz CT molecular complexity index is 633. The third-order valence-electron chi connectivity index (χ3n) is 3.82. The lowest BCUT2D eigenvalue weighted by atomic mass is 9.91. The molecule has 0 N–H and O–H groups in total. The third-order valence-corrected chi connectivity index (χ3v) is 3.82. The summed E-state index contributed by atoms with van der Waals surface area (Å²) in [6.45, 7) is 2.10. The molecule has 0 amide bonds. The van der Waals surface area contributed by atoms with Gasteiger partial charge in [-0.15, -0.1) is 0 Å². The second-order valence-corrected chi connectivity index (χ2v) is 4.92. The number of carbonyl (C=O) groups is 1. The third kappa shape index (κ3) is 1.95. The number of methoxy groups -OCH3 is 1. The first-order valence-electron chi connectivity index (χ1n) is 6.46. The minimum atomic E-state index is -0.228. The number of carbonyl (C=O) groups excluding carboxylic acids is 1. The van der Waals surface area contributed by atoms with E-state index in [1.54, 1.807) is 0 Å². The van der Waals surface area contributed by atoms with Crippen LogP contribution in [0, 0.1) is 0 Å². The fourth-order valence-corrected chi connectivity index (χ4v) is 2.77. The second-order valence-electron chi connectivity index (χ2n) is 4.92. The molecule has 2 atom stereocenters. The van der Waals surface area contributed by atoms with E-state index in [9.17, 15) is 4.79 Å². The molecule has 0 radical (unpaired) electrons. The molecule has 0 saturated heterocycles. The molecule has 98 valence electrons. The Hall–Kier alpha value is -2.03. The number of esters is 1. The van der Waals surface area contributed by atoms with Crippen LogP contribution >= 0.6 is 0 Å². The van der Waals surface area contributed by atoms with Crippen LogP contribution in [0.2, 0.25) is 0 Å². The molecule has 0 aromatic heterocycles. The van der Waals surface area contributed by atoms with E-state index in [2.05, 4.69) is 25.1 Å². The molecule has 0 fully saturated rings. The summed E-state index contributed by atoms with van der Waals surface area (Å²) in [6.07, 6.45) is 0.161. The summed E-state index contributed by atoms with van der Waals surface area (Å²) in [7, 11) is 1.41. The number of hydrogen-bond acceptors (Lipinski definition) is 3. The molecule has 0 unspecified atom stereocenters. The molecular weight excluding hydrogens is 240 g/mol. The second kappa shape index (κ2) is 4.57. The Kier molecular flexibility index (Phi) is 2.90. The zero-order valence-electron chi connectivity index (χ0n) is 11.1. The fourth-order valence-electron chi connectivity index (χ4n) is 2.77. The van der Waals surface area contributed by atoms with E-state index in [4.69, 9.17) is 9.47 Å². The maximum atomic E-state index is 11.4. The fraction of sp³-hybridized carbons (Fsp3) is 0.312. The standard InChI is InChI=1S/C16H16O3/c1-10-14(9-15(17)18-2)19-13-8-7-11-5-3-4-6-12(11)16(10)13/h3-8,10,14H,9H2,1-2H3/t10-,14+/m0/s1. The van der Waals surface area contributed by atoms with Crippen LogP contribution in [0.1, 0.15) is 24.8 Å². The Balaban J connectivity index is 2.01. The molecule has 0 bridgehead atoms. The van der Waals surface area contributed by atoms with Gasteiger partial charge in [0.1, 0.15) is 11.9 Å². The molecule has 2 aromatic rings. The van der Waals surface area contributed by atoms with Crippen molar-refractivity contribution in [2.24, 2.45) is 0 Å². The highest BCUT2D eigenvalue weighted by Crippen LogP contribution is 2.43. The van der Waals surface area contributed by atoms with Gasteiger partial charge in [0.15, 0.2) is 0 Å². The van der Waals surface area contributed by atoms with Crippen molar-refractivity contribution in [3.05, 3.63) is 42.0 Å². The summed E-state index contributed by atoms with van der Waals surface area (Å²) in [5.41, 5.74) is 1.20. The van der Waals surface area contributed by atoms with E-state index in [0.717, 1.165) is 5.75 Å². The first-order valence-corrected chi connectivity index (χ1v) is 6.46. The van der Waals surface area contributed by atoms with Gasteiger partial charge in [0.05, 0.1) is 13.5 Å². The van der Waals surface area contributed by atoms with Crippen LogP contribution in [0.15, 0.2) is 36.4 Å². The van der Waals surface area contributed by atoms with Crippen molar-refractivity contribution in [2.45, 2.75) is 25.4 Å². The molecule has 3 heteroatoms. The van der Waals surface area contributed by atoms with Gasteiger partial charge in [0.25, 0.3) is 0 Å². The number of benzene rings is 2. The van der Waals surface area contributed by atoms with Crippen LogP contribution < -0.4 is 4.74 Å². The first-order chi connectivity index (χ1) is 9.20. The lowest BCUT2D eigenvalue weighted by molar-refractivity contribution is -0.142. The van der Waals surface area contributed by atoms with Gasteiger partial charge in [-0.25, -0.2) is 0 Å². The topological polar surface area (TPSA) is 35.5 Å². The van der Waals surface area contributed by atoms with Crippen molar-refractivity contribution < 1.29 is 14.3 Å². The SMILES string of the molecule is COC(=O)C[C@H]1Oc2ccc3ccccc3c2[C@H]1C. The molecule has 2 aromatic carbocycles. The average molecular weight is 256 g/mol. The van der Waals surface area contributed by atoms with Crippen LogP contribution in [0.4, 0.5) is 0 Å². The van der Waals surface area contributed by atoms with E-state index in [-0.39, 0.29) is 18.0 Å². The molecule has 0 spiro atoms. The number of rotatable bonds is 2. The summed E-state index contributed by atoms with van der Waals surface area (Å²) in [4.78, 5) is 11.4. The zero-order valence-corrected chi connectivity index (χ0v) is 11.1. The molecule has 19 heavy (non-hydrogen) atoms. The van der Waals surface area contributed by atoms with Crippen LogP contribution in [-0.4, -0.2) is 19.2 Å². The average Bonchev–Trinajstić information content (AvgIpc) is 2.76. The Morgan fingerprint density at radius 2 is 2.05 bits per heavy atom. The van der Waals surface area contributed by atoms with E-state index < -0.39 is 0 Å². The maximum Gasteiger partial charge on any atom is 0.309 e. The predicted octanol–water partition coefficient (Wildman–Crippen LogP) is 3.27. The van der Waals surface area contributed by atoms with E-state index in [0.29, 0.717) is 6.42 Å². The van der Waals surface area contributed by atoms with Crippen LogP contribution in [-0.2, 0) is 9.53 Å². The summed E-state index contributed by atoms with van der Waals surface area (Å²) in [5.74, 6) is 0.856. The van der Waals surface area contributed by atoms with Crippen molar-refractivity contribution in [3.63, 3.8) is 0 Å². The Morgan fingerprint density at radius 3 is 2.84 bits per heavy atom. The smallest absolute Gasteiger partial charge is 0.309 e. The van der Waals surface area contributed by atoms with Crippen molar-refractivity contribution in [1.82, 2.24) is 0 Å². The monoisotopic (exact) mass is 256 g/mol. The maximum absolute atomic E-state index is 11.4. The van der Waals surface area contributed by atoms with E-state index >= 15 is 0 Å². The number of ether oxygens (including phenoxy) is 2. The predicted molar refractivity (Wildman–Crippen MR) is 73.4 cm³/mol. The highest BCUT2D eigenvalue weighted by Gasteiger charge is 2.34. The van der Waals surface area contributed by atoms with Crippen LogP contribution in [0.3, 0.4) is 0 Å². The van der Waals surface area contributed by atoms with Crippen LogP contribution in [0.25, 0.3) is 10.8 Å². The van der Waals surface area contributed by atoms with Gasteiger partial charge in [-0.05, 0) is 16.8 Å². The summed E-state index contributed by atoms with van der Waals surface area (Å²) in [6, 6.07) is 12.3. The van der Waals surface area contributed by atoms with Crippen molar-refractivity contribution in [1.29, 1.82) is 0 Å². The molecule has 1 heterocycles. The largest absolute Gasteiger partial charge is 0.489 e. The van der Waals surface area contributed by atoms with E-state index in [1.807, 2.05) is 18.2 Å². The van der Waals surface area contributed by atoms with Crippen LogP contribution in [0.5, 0.6) is 5.75 Å². The van der Waals surface area contributed by atoms with Crippen molar-refractivity contribution in [2.75, 3.05) is 7.11 Å². The van der Waals surface area contributed by atoms with Gasteiger partial charge in [-0.1, -0.05) is 37.3 Å². The molecule has 0 saturated carbocycles. The van der Waals surface area contributed by atoms with Gasteiger partial charge >= 0.3 is 5.97 Å². The molecule has 0 aliphatic carbocycles. The van der Waals surface area contributed by atoms with Crippen molar-refractivity contribution in [3.8, 4) is 5.75 Å². The molecule has 1 aliphatic heterocycles. The first kappa shape index (κ1) is 12.0. The normalized spacial score (nSPS) is 20.9. The van der Waals surface area contributed by atoms with Gasteiger partial charge in [0, 0.05) is 11.5 Å². The lowest BCUT2D eigenvalue weighted by Gasteiger charge is -2.13. The highest BCUT2D eigenvalue weighted by molar-refractivity contribution is 5.89. The summed E-state index contributed by atoms with van der Waals surface area (Å²) < 4.78 is 10.6. The number of fused-ring (bicyclic) bond motifs is 3. The number of hydrogen-bond donors (Lipinski definition) is 0. The van der Waals surface area contributed by atoms with Gasteiger partial charge < -0.3 is 9.47 Å². The van der Waals surface area contributed by atoms with Crippen molar-refractivity contribution >= 4 is 16.7 Å². The molecule has 1 aliphatic rings. The van der Waals surface area contributed by atoms with E-state index in [1.165, 1.54) is 23.4 Å². The van der Waals surface area contributed by atoms with Gasteiger partial charge in [-0.3, -0.25) is 4.79 Å². The molecule has 3 rings (SSSR count). The minimum Gasteiger partial charge on any atom is -0.489 e. The van der Waals surface area contributed by atoms with Gasteiger partial charge in [-0.2, -0.15) is 0 Å². The Morgan fingerprint density at radius 1 is 1.26 bits per heavy atom. The summed E-state index contributed by atoms with van der Waals surface area (Å²) >= 11 is 0. The zero-order chi connectivity index (χ0) is 13.4.